The van der Waals surface area contributed by atoms with Crippen molar-refractivity contribution in [1.82, 2.24) is 25.1 Å². The summed E-state index contributed by atoms with van der Waals surface area (Å²) in [4.78, 5) is 20.1. The first kappa shape index (κ1) is 20.3. The SMILES string of the molecule is CC(=O)NC1CCC(Nc2ncc(Cl)c(-c3cnn(-c4ccc(F)cc4)c3)n2)CC1. The molecule has 0 bridgehead atoms. The Morgan fingerprint density at radius 2 is 1.83 bits per heavy atom. The standard InChI is InChI=1S/C21H22ClFN6O/c1-13(30)26-16-4-6-17(7-5-16)27-21-24-11-19(22)20(28-21)14-10-25-29(12-14)18-8-2-15(23)3-9-18/h2-3,8-12,16-17H,4-7H2,1H3,(H,26,30)(H,24,27,28). The molecule has 0 spiro atoms. The molecule has 9 heteroatoms. The van der Waals surface area contributed by atoms with Gasteiger partial charge in [-0.25, -0.2) is 19.0 Å². The molecule has 4 rings (SSSR count). The molecule has 0 atom stereocenters. The van der Waals surface area contributed by atoms with Crippen molar-refractivity contribution < 1.29 is 9.18 Å². The number of anilines is 1. The highest BCUT2D eigenvalue weighted by Crippen LogP contribution is 2.28. The molecule has 3 aromatic rings. The predicted octanol–water partition coefficient (Wildman–Crippen LogP) is 3.98. The second-order valence-corrected chi connectivity index (χ2v) is 7.84. The van der Waals surface area contributed by atoms with E-state index in [1.54, 1.807) is 42.3 Å². The van der Waals surface area contributed by atoms with Gasteiger partial charge in [-0.15, -0.1) is 0 Å². The molecule has 0 unspecified atom stereocenters. The van der Waals surface area contributed by atoms with E-state index in [1.807, 2.05) is 0 Å². The van der Waals surface area contributed by atoms with Gasteiger partial charge < -0.3 is 10.6 Å². The summed E-state index contributed by atoms with van der Waals surface area (Å²) in [6.45, 7) is 1.55. The minimum absolute atomic E-state index is 0.0123. The third-order valence-electron chi connectivity index (χ3n) is 5.16. The van der Waals surface area contributed by atoms with Crippen LogP contribution in [0.25, 0.3) is 16.9 Å². The van der Waals surface area contributed by atoms with E-state index in [9.17, 15) is 9.18 Å². The average molecular weight is 429 g/mol. The number of amides is 1. The van der Waals surface area contributed by atoms with Crippen molar-refractivity contribution in [3.63, 3.8) is 0 Å². The molecule has 30 heavy (non-hydrogen) atoms. The van der Waals surface area contributed by atoms with Gasteiger partial charge in [0.2, 0.25) is 11.9 Å². The van der Waals surface area contributed by atoms with Gasteiger partial charge in [-0.3, -0.25) is 4.79 Å². The van der Waals surface area contributed by atoms with Crippen LogP contribution in [-0.4, -0.2) is 37.7 Å². The van der Waals surface area contributed by atoms with E-state index < -0.39 is 0 Å². The largest absolute Gasteiger partial charge is 0.354 e. The topological polar surface area (TPSA) is 84.7 Å². The van der Waals surface area contributed by atoms with Crippen LogP contribution in [0.4, 0.5) is 10.3 Å². The molecular weight excluding hydrogens is 407 g/mol. The number of hydrogen-bond acceptors (Lipinski definition) is 5. The Bertz CT molecular complexity index is 1030. The number of halogens is 2. The summed E-state index contributed by atoms with van der Waals surface area (Å²) in [5.41, 5.74) is 2.06. The first-order chi connectivity index (χ1) is 14.5. The summed E-state index contributed by atoms with van der Waals surface area (Å²) >= 11 is 6.34. The Labute approximate surface area is 178 Å². The van der Waals surface area contributed by atoms with Gasteiger partial charge in [-0.1, -0.05) is 11.6 Å². The fourth-order valence-corrected chi connectivity index (χ4v) is 3.87. The highest BCUT2D eigenvalue weighted by atomic mass is 35.5. The molecule has 1 amide bonds. The number of carbonyl (C=O) groups is 1. The van der Waals surface area contributed by atoms with Crippen molar-refractivity contribution in [2.24, 2.45) is 0 Å². The number of benzene rings is 1. The minimum atomic E-state index is -0.299. The predicted molar refractivity (Wildman–Crippen MR) is 113 cm³/mol. The van der Waals surface area contributed by atoms with Crippen molar-refractivity contribution >= 4 is 23.5 Å². The number of nitrogens with zero attached hydrogens (tertiary/aromatic N) is 4. The highest BCUT2D eigenvalue weighted by molar-refractivity contribution is 6.32. The maximum absolute atomic E-state index is 13.1. The first-order valence-electron chi connectivity index (χ1n) is 9.85. The number of rotatable bonds is 5. The van der Waals surface area contributed by atoms with Gasteiger partial charge in [0.1, 0.15) is 5.82 Å². The van der Waals surface area contributed by atoms with Crippen LogP contribution in [0.15, 0.2) is 42.9 Å². The molecule has 1 aromatic carbocycles. The van der Waals surface area contributed by atoms with Gasteiger partial charge in [-0.05, 0) is 49.9 Å². The smallest absolute Gasteiger partial charge is 0.223 e. The molecule has 1 saturated carbocycles. The first-order valence-corrected chi connectivity index (χ1v) is 10.2. The monoisotopic (exact) mass is 428 g/mol. The van der Waals surface area contributed by atoms with Gasteiger partial charge in [0, 0.05) is 30.8 Å². The molecule has 1 fully saturated rings. The van der Waals surface area contributed by atoms with Gasteiger partial charge >= 0.3 is 0 Å². The van der Waals surface area contributed by atoms with Gasteiger partial charge in [0.25, 0.3) is 0 Å². The Morgan fingerprint density at radius 1 is 1.13 bits per heavy atom. The lowest BCUT2D eigenvalue weighted by atomic mass is 9.91. The van der Waals surface area contributed by atoms with Crippen molar-refractivity contribution in [3.05, 3.63) is 53.7 Å². The molecule has 2 heterocycles. The Morgan fingerprint density at radius 3 is 2.53 bits per heavy atom. The second kappa shape index (κ2) is 8.79. The van der Waals surface area contributed by atoms with E-state index in [1.165, 1.54) is 12.1 Å². The maximum atomic E-state index is 13.1. The fraction of sp³-hybridized carbons (Fsp3) is 0.333. The van der Waals surface area contributed by atoms with Crippen LogP contribution in [0, 0.1) is 5.82 Å². The van der Waals surface area contributed by atoms with Crippen LogP contribution in [-0.2, 0) is 4.79 Å². The number of carbonyl (C=O) groups excluding carboxylic acids is 1. The van der Waals surface area contributed by atoms with E-state index >= 15 is 0 Å². The quantitative estimate of drug-likeness (QED) is 0.642. The van der Waals surface area contributed by atoms with Crippen molar-refractivity contribution in [3.8, 4) is 16.9 Å². The van der Waals surface area contributed by atoms with E-state index in [0.29, 0.717) is 16.7 Å². The van der Waals surface area contributed by atoms with Gasteiger partial charge in [0.05, 0.1) is 28.8 Å². The number of hydrogen-bond donors (Lipinski definition) is 2. The Balaban J connectivity index is 1.46. The molecule has 156 valence electrons. The summed E-state index contributed by atoms with van der Waals surface area (Å²) in [6.07, 6.45) is 8.72. The zero-order valence-electron chi connectivity index (χ0n) is 16.5. The molecule has 1 aliphatic carbocycles. The molecule has 0 saturated heterocycles. The van der Waals surface area contributed by atoms with Crippen molar-refractivity contribution in [2.75, 3.05) is 5.32 Å². The van der Waals surface area contributed by atoms with Crippen LogP contribution >= 0.6 is 11.6 Å². The van der Waals surface area contributed by atoms with Crippen molar-refractivity contribution in [2.45, 2.75) is 44.7 Å². The van der Waals surface area contributed by atoms with E-state index in [-0.39, 0.29) is 23.8 Å². The van der Waals surface area contributed by atoms with Gasteiger partial charge in [-0.2, -0.15) is 5.10 Å². The van der Waals surface area contributed by atoms with E-state index in [2.05, 4.69) is 25.7 Å². The van der Waals surface area contributed by atoms with Crippen LogP contribution < -0.4 is 10.6 Å². The molecule has 0 aliphatic heterocycles. The zero-order chi connectivity index (χ0) is 21.1. The molecule has 2 aromatic heterocycles. The molecule has 7 nitrogen and oxygen atoms in total. The maximum Gasteiger partial charge on any atom is 0.223 e. The molecule has 0 radical (unpaired) electrons. The summed E-state index contributed by atoms with van der Waals surface area (Å²) in [5.74, 6) is 0.219. The van der Waals surface area contributed by atoms with E-state index in [0.717, 1.165) is 36.9 Å². The third-order valence-corrected chi connectivity index (χ3v) is 5.44. The van der Waals surface area contributed by atoms with Gasteiger partial charge in [0.15, 0.2) is 0 Å². The zero-order valence-corrected chi connectivity index (χ0v) is 17.2. The normalized spacial score (nSPS) is 18.8. The summed E-state index contributed by atoms with van der Waals surface area (Å²) in [6, 6.07) is 6.55. The Kier molecular flexibility index (Phi) is 5.94. The summed E-state index contributed by atoms with van der Waals surface area (Å²) in [7, 11) is 0. The van der Waals surface area contributed by atoms with Crippen LogP contribution in [0.3, 0.4) is 0 Å². The lowest BCUT2D eigenvalue weighted by Crippen LogP contribution is -2.39. The third kappa shape index (κ3) is 4.76. The number of aromatic nitrogens is 4. The molecular formula is C21H22ClFN6O. The van der Waals surface area contributed by atoms with Crippen LogP contribution in [0.2, 0.25) is 5.02 Å². The summed E-state index contributed by atoms with van der Waals surface area (Å²) in [5, 5.41) is 11.1. The Hall–Kier alpha value is -3.00. The fourth-order valence-electron chi connectivity index (χ4n) is 3.67. The summed E-state index contributed by atoms with van der Waals surface area (Å²) < 4.78 is 14.8. The average Bonchev–Trinajstić information content (AvgIpc) is 3.21. The second-order valence-electron chi connectivity index (χ2n) is 7.43. The minimum Gasteiger partial charge on any atom is -0.354 e. The number of nitrogens with one attached hydrogen (secondary N) is 2. The van der Waals surface area contributed by atoms with E-state index in [4.69, 9.17) is 11.6 Å². The van der Waals surface area contributed by atoms with Crippen molar-refractivity contribution in [1.29, 1.82) is 0 Å². The molecule has 2 N–H and O–H groups in total. The highest BCUT2D eigenvalue weighted by Gasteiger charge is 2.22. The van der Waals surface area contributed by atoms with Crippen LogP contribution in [0.5, 0.6) is 0 Å². The van der Waals surface area contributed by atoms with Crippen LogP contribution in [0.1, 0.15) is 32.6 Å². The molecule has 1 aliphatic rings. The lowest BCUT2D eigenvalue weighted by Gasteiger charge is -2.29. The lowest BCUT2D eigenvalue weighted by molar-refractivity contribution is -0.119.